The van der Waals surface area contributed by atoms with Gasteiger partial charge in [0.1, 0.15) is 6.73 Å². The lowest BCUT2D eigenvalue weighted by Gasteiger charge is -2.34. The Morgan fingerprint density at radius 1 is 1.40 bits per heavy atom. The van der Waals surface area contributed by atoms with Crippen LogP contribution in [0.1, 0.15) is 52.4 Å². The van der Waals surface area contributed by atoms with Crippen molar-refractivity contribution in [3.05, 3.63) is 12.2 Å². The van der Waals surface area contributed by atoms with Gasteiger partial charge in [-0.3, -0.25) is 19.8 Å². The Hall–Kier alpha value is -1.28. The van der Waals surface area contributed by atoms with Crippen LogP contribution in [-0.2, 0) is 19.1 Å². The number of amides is 2. The van der Waals surface area contributed by atoms with Crippen LogP contribution >= 0.6 is 0 Å². The highest BCUT2D eigenvalue weighted by molar-refractivity contribution is 6.00. The standard InChI is InChI=1S/C18H31N3O4/c1-4-12(2)10-21(15-8-9-17(22)20-18(15)23)11-24-13(3)25-16-7-5-6-14(16)19/h13-16H,2,4-11,19H2,1,3H3,(H,20,22,23)/t13?,14-,15?,16-/m0/s1. The number of rotatable bonds is 9. The van der Waals surface area contributed by atoms with Crippen LogP contribution in [0.5, 0.6) is 0 Å². The maximum Gasteiger partial charge on any atom is 0.243 e. The van der Waals surface area contributed by atoms with Gasteiger partial charge in [-0.1, -0.05) is 19.1 Å². The van der Waals surface area contributed by atoms with Crippen LogP contribution in [0.2, 0.25) is 0 Å². The topological polar surface area (TPSA) is 93.9 Å². The number of carbonyl (C=O) groups excluding carboxylic acids is 2. The number of nitrogens with two attached hydrogens (primary N) is 1. The first-order valence-corrected chi connectivity index (χ1v) is 9.17. The van der Waals surface area contributed by atoms with Crippen LogP contribution in [-0.4, -0.2) is 54.5 Å². The first-order chi connectivity index (χ1) is 11.9. The van der Waals surface area contributed by atoms with Gasteiger partial charge in [0.25, 0.3) is 0 Å². The molecule has 1 saturated heterocycles. The van der Waals surface area contributed by atoms with E-state index in [1.807, 2.05) is 18.7 Å². The van der Waals surface area contributed by atoms with Crippen LogP contribution in [0, 0.1) is 0 Å². The number of hydrogen-bond donors (Lipinski definition) is 2. The molecule has 142 valence electrons. The van der Waals surface area contributed by atoms with Crippen molar-refractivity contribution in [3.63, 3.8) is 0 Å². The Balaban J connectivity index is 1.90. The molecule has 2 unspecified atom stereocenters. The fourth-order valence-electron chi connectivity index (χ4n) is 3.29. The van der Waals surface area contributed by atoms with Crippen molar-refractivity contribution in [1.82, 2.24) is 10.2 Å². The summed E-state index contributed by atoms with van der Waals surface area (Å²) in [4.78, 5) is 25.5. The molecule has 3 N–H and O–H groups in total. The van der Waals surface area contributed by atoms with Gasteiger partial charge in [-0.15, -0.1) is 0 Å². The Morgan fingerprint density at radius 3 is 2.76 bits per heavy atom. The molecule has 0 aromatic heterocycles. The van der Waals surface area contributed by atoms with E-state index in [0.717, 1.165) is 31.3 Å². The van der Waals surface area contributed by atoms with Crippen LogP contribution in [0.3, 0.4) is 0 Å². The molecule has 0 aromatic rings. The Labute approximate surface area is 149 Å². The second kappa shape index (κ2) is 9.43. The lowest BCUT2D eigenvalue weighted by atomic mass is 10.0. The van der Waals surface area contributed by atoms with Crippen LogP contribution in [0.25, 0.3) is 0 Å². The zero-order valence-corrected chi connectivity index (χ0v) is 15.3. The van der Waals surface area contributed by atoms with Crippen LogP contribution in [0.4, 0.5) is 0 Å². The minimum absolute atomic E-state index is 0.0321. The molecule has 25 heavy (non-hydrogen) atoms. The van der Waals surface area contributed by atoms with Gasteiger partial charge in [0.05, 0.1) is 12.1 Å². The molecule has 1 saturated carbocycles. The number of imide groups is 1. The second-order valence-electron chi connectivity index (χ2n) is 6.95. The minimum atomic E-state index is -0.403. The van der Waals surface area contributed by atoms with E-state index in [2.05, 4.69) is 11.9 Å². The number of ether oxygens (including phenoxy) is 2. The number of nitrogens with one attached hydrogen (secondary N) is 1. The molecule has 7 nitrogen and oxygen atoms in total. The Kier molecular flexibility index (Phi) is 7.56. The maximum absolute atomic E-state index is 12.2. The summed E-state index contributed by atoms with van der Waals surface area (Å²) in [5.41, 5.74) is 7.04. The fourth-order valence-corrected chi connectivity index (χ4v) is 3.29. The summed E-state index contributed by atoms with van der Waals surface area (Å²) in [6.07, 6.45) is 4.31. The van der Waals surface area contributed by atoms with Gasteiger partial charge in [0.15, 0.2) is 6.29 Å². The molecule has 1 heterocycles. The molecule has 0 radical (unpaired) electrons. The number of hydrogen-bond acceptors (Lipinski definition) is 6. The lowest BCUT2D eigenvalue weighted by Crippen LogP contribution is -2.53. The zero-order valence-electron chi connectivity index (χ0n) is 15.3. The molecule has 2 amide bonds. The van der Waals surface area contributed by atoms with Gasteiger partial charge in [-0.05, 0) is 39.0 Å². The summed E-state index contributed by atoms with van der Waals surface area (Å²) in [5, 5.41) is 2.40. The molecule has 4 atom stereocenters. The van der Waals surface area contributed by atoms with Crippen molar-refractivity contribution in [1.29, 1.82) is 0 Å². The largest absolute Gasteiger partial charge is 0.348 e. The highest BCUT2D eigenvalue weighted by atomic mass is 16.7. The molecule has 2 fully saturated rings. The monoisotopic (exact) mass is 353 g/mol. The van der Waals surface area contributed by atoms with Crippen LogP contribution in [0.15, 0.2) is 12.2 Å². The van der Waals surface area contributed by atoms with E-state index < -0.39 is 6.29 Å². The Morgan fingerprint density at radius 2 is 2.16 bits per heavy atom. The summed E-state index contributed by atoms with van der Waals surface area (Å²) in [6.45, 7) is 8.70. The van der Waals surface area contributed by atoms with Gasteiger partial charge < -0.3 is 15.2 Å². The van der Waals surface area contributed by atoms with Gasteiger partial charge in [-0.25, -0.2) is 0 Å². The van der Waals surface area contributed by atoms with E-state index in [0.29, 0.717) is 19.4 Å². The highest BCUT2D eigenvalue weighted by Crippen LogP contribution is 2.22. The first-order valence-electron chi connectivity index (χ1n) is 9.17. The number of carbonyl (C=O) groups is 2. The SMILES string of the molecule is C=C(CC)CN(COC(C)O[C@H]1CCC[C@@H]1N)C1CCC(=O)NC1=O. The van der Waals surface area contributed by atoms with Crippen molar-refractivity contribution in [2.24, 2.45) is 5.73 Å². The van der Waals surface area contributed by atoms with Crippen molar-refractivity contribution >= 4 is 11.8 Å². The molecule has 2 rings (SSSR count). The van der Waals surface area contributed by atoms with Crippen molar-refractivity contribution in [2.45, 2.75) is 76.9 Å². The molecule has 1 aliphatic heterocycles. The molecular weight excluding hydrogens is 322 g/mol. The third-order valence-corrected chi connectivity index (χ3v) is 4.92. The zero-order chi connectivity index (χ0) is 18.4. The van der Waals surface area contributed by atoms with Gasteiger partial charge in [0, 0.05) is 19.0 Å². The average molecular weight is 353 g/mol. The predicted molar refractivity (Wildman–Crippen MR) is 94.4 cm³/mol. The van der Waals surface area contributed by atoms with Crippen LogP contribution < -0.4 is 11.1 Å². The molecule has 0 aromatic carbocycles. The quantitative estimate of drug-likeness (QED) is 0.368. The van der Waals surface area contributed by atoms with E-state index >= 15 is 0 Å². The smallest absolute Gasteiger partial charge is 0.243 e. The summed E-state index contributed by atoms with van der Waals surface area (Å²) in [5.74, 6) is -0.488. The summed E-state index contributed by atoms with van der Waals surface area (Å²) in [7, 11) is 0. The van der Waals surface area contributed by atoms with Crippen molar-refractivity contribution in [2.75, 3.05) is 13.3 Å². The van der Waals surface area contributed by atoms with Gasteiger partial charge in [0.2, 0.25) is 11.8 Å². The fraction of sp³-hybridized carbons (Fsp3) is 0.778. The molecule has 7 heteroatoms. The summed E-state index contributed by atoms with van der Waals surface area (Å²) < 4.78 is 11.7. The first kappa shape index (κ1) is 20.0. The molecule has 0 spiro atoms. The Bertz CT molecular complexity index is 497. The third-order valence-electron chi connectivity index (χ3n) is 4.92. The molecular formula is C18H31N3O4. The van der Waals surface area contributed by atoms with E-state index in [-0.39, 0.29) is 36.7 Å². The lowest BCUT2D eigenvalue weighted by molar-refractivity contribution is -0.186. The van der Waals surface area contributed by atoms with Gasteiger partial charge >= 0.3 is 0 Å². The van der Waals surface area contributed by atoms with E-state index in [1.54, 1.807) is 0 Å². The molecule has 0 bridgehead atoms. The molecule has 1 aliphatic carbocycles. The average Bonchev–Trinajstić information content (AvgIpc) is 2.96. The van der Waals surface area contributed by atoms with E-state index in [1.165, 1.54) is 0 Å². The number of nitrogens with zero attached hydrogens (tertiary/aromatic N) is 1. The summed E-state index contributed by atoms with van der Waals surface area (Å²) >= 11 is 0. The highest BCUT2D eigenvalue weighted by Gasteiger charge is 2.32. The maximum atomic E-state index is 12.2. The van der Waals surface area contributed by atoms with E-state index in [9.17, 15) is 9.59 Å². The normalized spacial score (nSPS) is 28.2. The second-order valence-corrected chi connectivity index (χ2v) is 6.95. The third kappa shape index (κ3) is 5.88. The van der Waals surface area contributed by atoms with E-state index in [4.69, 9.17) is 15.2 Å². The summed E-state index contributed by atoms with van der Waals surface area (Å²) in [6, 6.07) is -0.320. The van der Waals surface area contributed by atoms with Crippen molar-refractivity contribution in [3.8, 4) is 0 Å². The predicted octanol–water partition coefficient (Wildman–Crippen LogP) is 1.28. The minimum Gasteiger partial charge on any atom is -0.348 e. The van der Waals surface area contributed by atoms with Gasteiger partial charge in [-0.2, -0.15) is 0 Å². The molecule has 2 aliphatic rings. The van der Waals surface area contributed by atoms with Crippen molar-refractivity contribution < 1.29 is 19.1 Å². The number of piperidine rings is 1.